The monoisotopic (exact) mass is 415 g/mol. The molecule has 0 saturated heterocycles. The smallest absolute Gasteiger partial charge is 0.222 e. The Labute approximate surface area is 167 Å². The van der Waals surface area contributed by atoms with Crippen LogP contribution < -0.4 is 4.74 Å². The van der Waals surface area contributed by atoms with E-state index in [0.29, 0.717) is 5.88 Å². The number of hydrogen-bond acceptors (Lipinski definition) is 2. The Morgan fingerprint density at radius 3 is 1.85 bits per heavy atom. The predicted molar refractivity (Wildman–Crippen MR) is 113 cm³/mol. The second kappa shape index (κ2) is 8.19. The van der Waals surface area contributed by atoms with Crippen molar-refractivity contribution in [2.75, 3.05) is 0 Å². The van der Waals surface area contributed by atoms with Crippen molar-refractivity contribution >= 4 is 15.9 Å². The molecule has 0 aliphatic rings. The van der Waals surface area contributed by atoms with Crippen LogP contribution in [0.5, 0.6) is 5.88 Å². The molecule has 0 bridgehead atoms. The summed E-state index contributed by atoms with van der Waals surface area (Å²) in [4.78, 5) is 4.53. The summed E-state index contributed by atoms with van der Waals surface area (Å²) < 4.78 is 7.52. The Morgan fingerprint density at radius 1 is 0.667 bits per heavy atom. The lowest BCUT2D eigenvalue weighted by molar-refractivity contribution is 0.238. The molecule has 0 N–H and O–H groups in total. The highest BCUT2D eigenvalue weighted by molar-refractivity contribution is 9.10. The summed E-state index contributed by atoms with van der Waals surface area (Å²) in [5.41, 5.74) is 4.23. The average molecular weight is 416 g/mol. The van der Waals surface area contributed by atoms with E-state index in [9.17, 15) is 0 Å². The van der Waals surface area contributed by atoms with Crippen LogP contribution in [0.3, 0.4) is 0 Å². The molecule has 3 aromatic carbocycles. The molecule has 132 valence electrons. The molecular formula is C24H18BrNO. The lowest BCUT2D eigenvalue weighted by atomic mass is 10.0. The Morgan fingerprint density at radius 2 is 1.26 bits per heavy atom. The molecule has 0 aliphatic heterocycles. The Kier molecular flexibility index (Phi) is 5.31. The molecule has 0 unspecified atom stereocenters. The van der Waals surface area contributed by atoms with Crippen LogP contribution >= 0.6 is 15.9 Å². The quantitative estimate of drug-likeness (QED) is 0.362. The van der Waals surface area contributed by atoms with Crippen molar-refractivity contribution in [2.24, 2.45) is 0 Å². The van der Waals surface area contributed by atoms with E-state index < -0.39 is 0 Å². The Balaban J connectivity index is 1.75. The van der Waals surface area contributed by atoms with Gasteiger partial charge in [-0.25, -0.2) is 4.98 Å². The second-order valence-electron chi connectivity index (χ2n) is 6.18. The summed E-state index contributed by atoms with van der Waals surface area (Å²) in [6.45, 7) is 0. The van der Waals surface area contributed by atoms with Gasteiger partial charge in [0, 0.05) is 16.2 Å². The third kappa shape index (κ3) is 4.09. The minimum Gasteiger partial charge on any atom is -0.464 e. The third-order valence-corrected chi connectivity index (χ3v) is 4.89. The van der Waals surface area contributed by atoms with Crippen LogP contribution in [0.15, 0.2) is 108 Å². The van der Waals surface area contributed by atoms with Crippen LogP contribution in [0.4, 0.5) is 0 Å². The van der Waals surface area contributed by atoms with E-state index in [-0.39, 0.29) is 6.10 Å². The van der Waals surface area contributed by atoms with Crippen molar-refractivity contribution in [3.05, 3.63) is 119 Å². The summed E-state index contributed by atoms with van der Waals surface area (Å²) in [5, 5.41) is 0. The fourth-order valence-corrected chi connectivity index (χ4v) is 3.29. The number of rotatable bonds is 5. The van der Waals surface area contributed by atoms with Gasteiger partial charge in [-0.3, -0.25) is 0 Å². The van der Waals surface area contributed by atoms with Gasteiger partial charge in [-0.1, -0.05) is 88.7 Å². The maximum Gasteiger partial charge on any atom is 0.222 e. The van der Waals surface area contributed by atoms with E-state index in [0.717, 1.165) is 26.7 Å². The lowest BCUT2D eigenvalue weighted by Gasteiger charge is -2.21. The predicted octanol–water partition coefficient (Wildman–Crippen LogP) is 6.68. The summed E-state index contributed by atoms with van der Waals surface area (Å²) in [7, 11) is 0. The maximum absolute atomic E-state index is 6.48. The number of hydrogen-bond donors (Lipinski definition) is 0. The molecule has 0 spiro atoms. The van der Waals surface area contributed by atoms with Gasteiger partial charge in [-0.15, -0.1) is 0 Å². The zero-order chi connectivity index (χ0) is 18.5. The van der Waals surface area contributed by atoms with E-state index in [2.05, 4.69) is 57.3 Å². The van der Waals surface area contributed by atoms with Gasteiger partial charge >= 0.3 is 0 Å². The molecule has 0 saturated carbocycles. The molecule has 0 atom stereocenters. The van der Waals surface area contributed by atoms with Crippen LogP contribution in [0.25, 0.3) is 11.1 Å². The SMILES string of the molecule is Brc1ccc(-c2cccnc2OC(c2ccccc2)c2ccccc2)cc1. The van der Waals surface area contributed by atoms with E-state index >= 15 is 0 Å². The fourth-order valence-electron chi connectivity index (χ4n) is 3.03. The lowest BCUT2D eigenvalue weighted by Crippen LogP contribution is -2.10. The van der Waals surface area contributed by atoms with Gasteiger partial charge in [0.15, 0.2) is 6.10 Å². The molecule has 1 heterocycles. The molecule has 0 fully saturated rings. The van der Waals surface area contributed by atoms with Crippen molar-refractivity contribution in [2.45, 2.75) is 6.10 Å². The number of nitrogens with zero attached hydrogens (tertiary/aromatic N) is 1. The van der Waals surface area contributed by atoms with Gasteiger partial charge in [-0.2, -0.15) is 0 Å². The van der Waals surface area contributed by atoms with Crippen LogP contribution in [-0.2, 0) is 0 Å². The zero-order valence-electron chi connectivity index (χ0n) is 14.6. The molecule has 2 nitrogen and oxygen atoms in total. The first-order chi connectivity index (χ1) is 13.3. The molecule has 0 aliphatic carbocycles. The largest absolute Gasteiger partial charge is 0.464 e. The molecular weight excluding hydrogens is 398 g/mol. The highest BCUT2D eigenvalue weighted by atomic mass is 79.9. The van der Waals surface area contributed by atoms with E-state index in [1.165, 1.54) is 0 Å². The van der Waals surface area contributed by atoms with Crippen molar-refractivity contribution in [1.82, 2.24) is 4.98 Å². The minimum atomic E-state index is -0.225. The number of halogens is 1. The number of benzene rings is 3. The van der Waals surface area contributed by atoms with Crippen LogP contribution in [0.1, 0.15) is 17.2 Å². The maximum atomic E-state index is 6.48. The van der Waals surface area contributed by atoms with Gasteiger partial charge in [0.1, 0.15) is 0 Å². The van der Waals surface area contributed by atoms with E-state index in [4.69, 9.17) is 4.74 Å². The minimum absolute atomic E-state index is 0.225. The van der Waals surface area contributed by atoms with Crippen molar-refractivity contribution < 1.29 is 4.74 Å². The van der Waals surface area contributed by atoms with Crippen LogP contribution in [-0.4, -0.2) is 4.98 Å². The third-order valence-electron chi connectivity index (χ3n) is 4.36. The molecule has 4 aromatic rings. The standard InChI is InChI=1S/C24H18BrNO/c25-21-15-13-18(14-16-21)22-12-7-17-26-24(22)27-23(19-8-3-1-4-9-19)20-10-5-2-6-11-20/h1-17,23H. The first kappa shape index (κ1) is 17.5. The van der Waals surface area contributed by atoms with Gasteiger partial charge in [-0.05, 0) is 41.0 Å². The zero-order valence-corrected chi connectivity index (χ0v) is 16.2. The van der Waals surface area contributed by atoms with Gasteiger partial charge in [0.25, 0.3) is 0 Å². The Hall–Kier alpha value is -2.91. The second-order valence-corrected chi connectivity index (χ2v) is 7.10. The summed E-state index contributed by atoms with van der Waals surface area (Å²) >= 11 is 3.49. The van der Waals surface area contributed by atoms with Crippen molar-refractivity contribution in [3.63, 3.8) is 0 Å². The topological polar surface area (TPSA) is 22.1 Å². The van der Waals surface area contributed by atoms with Crippen molar-refractivity contribution in [3.8, 4) is 17.0 Å². The average Bonchev–Trinajstić information content (AvgIpc) is 2.74. The highest BCUT2D eigenvalue weighted by Gasteiger charge is 2.18. The van der Waals surface area contributed by atoms with Crippen LogP contribution in [0, 0.1) is 0 Å². The molecule has 27 heavy (non-hydrogen) atoms. The first-order valence-electron chi connectivity index (χ1n) is 8.79. The van der Waals surface area contributed by atoms with Crippen LogP contribution in [0.2, 0.25) is 0 Å². The van der Waals surface area contributed by atoms with E-state index in [1.54, 1.807) is 6.20 Å². The van der Waals surface area contributed by atoms with Gasteiger partial charge < -0.3 is 4.74 Å². The summed E-state index contributed by atoms with van der Waals surface area (Å²) in [6, 6.07) is 32.6. The molecule has 1 aromatic heterocycles. The number of pyridine rings is 1. The number of aromatic nitrogens is 1. The summed E-state index contributed by atoms with van der Waals surface area (Å²) in [6.07, 6.45) is 1.54. The number of ether oxygens (including phenoxy) is 1. The summed E-state index contributed by atoms with van der Waals surface area (Å²) in [5.74, 6) is 0.623. The normalized spacial score (nSPS) is 10.7. The van der Waals surface area contributed by atoms with Gasteiger partial charge in [0.05, 0.1) is 0 Å². The first-order valence-corrected chi connectivity index (χ1v) is 9.58. The molecule has 0 amide bonds. The van der Waals surface area contributed by atoms with Gasteiger partial charge in [0.2, 0.25) is 5.88 Å². The fraction of sp³-hybridized carbons (Fsp3) is 0.0417. The highest BCUT2D eigenvalue weighted by Crippen LogP contribution is 2.34. The van der Waals surface area contributed by atoms with E-state index in [1.807, 2.05) is 60.7 Å². The molecule has 3 heteroatoms. The Bertz CT molecular complexity index is 962. The molecule has 4 rings (SSSR count). The van der Waals surface area contributed by atoms with Crippen molar-refractivity contribution in [1.29, 1.82) is 0 Å². The molecule has 0 radical (unpaired) electrons.